The quantitative estimate of drug-likeness (QED) is 0.319. The molecule has 1 aromatic rings. The van der Waals surface area contributed by atoms with Gasteiger partial charge in [-0.2, -0.15) is 13.2 Å². The maximum atomic E-state index is 14.0. The summed E-state index contributed by atoms with van der Waals surface area (Å²) in [5, 5.41) is 0. The Hall–Kier alpha value is -1.32. The number of fused-ring (bicyclic) bond motifs is 1. The van der Waals surface area contributed by atoms with Crippen LogP contribution in [0, 0.1) is 35.4 Å². The van der Waals surface area contributed by atoms with Crippen molar-refractivity contribution in [2.24, 2.45) is 29.6 Å². The Morgan fingerprint density at radius 2 is 1.45 bits per heavy atom. The van der Waals surface area contributed by atoms with Crippen molar-refractivity contribution in [3.63, 3.8) is 0 Å². The number of allylic oxidation sites excluding steroid dienone is 1. The van der Waals surface area contributed by atoms with Crippen molar-refractivity contribution in [1.29, 1.82) is 0 Å². The van der Waals surface area contributed by atoms with Crippen LogP contribution >= 0.6 is 0 Å². The summed E-state index contributed by atoms with van der Waals surface area (Å²) in [7, 11) is 0. The van der Waals surface area contributed by atoms with Gasteiger partial charge in [-0.3, -0.25) is 0 Å². The Balaban J connectivity index is 1.28. The van der Waals surface area contributed by atoms with E-state index in [-0.39, 0.29) is 5.92 Å². The highest BCUT2D eigenvalue weighted by molar-refractivity contribution is 5.29. The van der Waals surface area contributed by atoms with E-state index in [0.717, 1.165) is 79.4 Å². The second-order valence-corrected chi connectivity index (χ2v) is 10.5. The lowest BCUT2D eigenvalue weighted by Gasteiger charge is -2.45. The minimum absolute atomic E-state index is 0.199. The van der Waals surface area contributed by atoms with Gasteiger partial charge in [0.05, 0.1) is 5.56 Å². The molecule has 0 saturated heterocycles. The smallest absolute Gasteiger partial charge is 0.206 e. The SMILES string of the molecule is C=CCCC1CCC2CC(C3CCC(c4ccc(C(F)(F)F)c(F)c4)CC3)CCC2C1. The van der Waals surface area contributed by atoms with E-state index in [1.54, 1.807) is 0 Å². The molecule has 3 fully saturated rings. The zero-order chi connectivity index (χ0) is 22.0. The molecule has 0 spiro atoms. The van der Waals surface area contributed by atoms with Crippen LogP contribution in [0.4, 0.5) is 17.6 Å². The predicted octanol–water partition coefficient (Wildman–Crippen LogP) is 8.92. The van der Waals surface area contributed by atoms with Gasteiger partial charge in [0.25, 0.3) is 0 Å². The van der Waals surface area contributed by atoms with Gasteiger partial charge in [0.1, 0.15) is 5.82 Å². The zero-order valence-corrected chi connectivity index (χ0v) is 18.5. The Morgan fingerprint density at radius 1 is 0.839 bits per heavy atom. The van der Waals surface area contributed by atoms with Gasteiger partial charge in [0, 0.05) is 0 Å². The molecular weight excluding hydrogens is 400 g/mol. The van der Waals surface area contributed by atoms with E-state index >= 15 is 0 Å². The normalized spacial score (nSPS) is 34.2. The molecule has 0 nitrogen and oxygen atoms in total. The molecule has 0 aliphatic heterocycles. The molecule has 0 amide bonds. The first-order valence-corrected chi connectivity index (χ1v) is 12.3. The summed E-state index contributed by atoms with van der Waals surface area (Å²) < 4.78 is 52.5. The van der Waals surface area contributed by atoms with E-state index < -0.39 is 17.6 Å². The average molecular weight is 437 g/mol. The summed E-state index contributed by atoms with van der Waals surface area (Å²) in [5.41, 5.74) is -0.411. The first kappa shape index (κ1) is 22.9. The van der Waals surface area contributed by atoms with Crippen LogP contribution in [-0.4, -0.2) is 0 Å². The number of rotatable bonds is 5. The highest BCUT2D eigenvalue weighted by atomic mass is 19.4. The number of benzene rings is 1. The fourth-order valence-electron chi connectivity index (χ4n) is 7.01. The molecule has 4 rings (SSSR count). The van der Waals surface area contributed by atoms with Gasteiger partial charge in [-0.15, -0.1) is 6.58 Å². The van der Waals surface area contributed by atoms with E-state index in [9.17, 15) is 17.6 Å². The first-order chi connectivity index (χ1) is 14.8. The molecule has 0 N–H and O–H groups in total. The Kier molecular flexibility index (Phi) is 7.13. The maximum absolute atomic E-state index is 14.0. The molecule has 4 unspecified atom stereocenters. The van der Waals surface area contributed by atoms with E-state index in [0.29, 0.717) is 0 Å². The van der Waals surface area contributed by atoms with Gasteiger partial charge in [-0.1, -0.05) is 18.6 Å². The van der Waals surface area contributed by atoms with Crippen molar-refractivity contribution < 1.29 is 17.6 Å². The molecule has 31 heavy (non-hydrogen) atoms. The minimum atomic E-state index is -4.62. The Bertz CT molecular complexity index is 744. The van der Waals surface area contributed by atoms with Gasteiger partial charge in [-0.05, 0) is 124 Å². The molecule has 0 bridgehead atoms. The second-order valence-electron chi connectivity index (χ2n) is 10.5. The van der Waals surface area contributed by atoms with Gasteiger partial charge in [0.2, 0.25) is 0 Å². The van der Waals surface area contributed by atoms with Gasteiger partial charge in [-0.25, -0.2) is 4.39 Å². The lowest BCUT2D eigenvalue weighted by molar-refractivity contribution is -0.140. The van der Waals surface area contributed by atoms with Crippen molar-refractivity contribution in [1.82, 2.24) is 0 Å². The summed E-state index contributed by atoms with van der Waals surface area (Å²) in [6, 6.07) is 3.54. The lowest BCUT2D eigenvalue weighted by Crippen LogP contribution is -2.34. The molecule has 4 heteroatoms. The monoisotopic (exact) mass is 436 g/mol. The summed E-state index contributed by atoms with van der Waals surface area (Å²) in [6.45, 7) is 3.87. The standard InChI is InChI=1S/C27H36F4/c1-2-3-4-18-5-6-23-16-22(12-11-21(23)15-18)19-7-9-20(10-8-19)24-13-14-25(26(28)17-24)27(29,30)31/h2,13-14,17-23H,1,3-12,15-16H2. The molecule has 1 aromatic carbocycles. The summed E-state index contributed by atoms with van der Waals surface area (Å²) in [4.78, 5) is 0. The third-order valence-corrected chi connectivity index (χ3v) is 8.75. The first-order valence-electron chi connectivity index (χ1n) is 12.3. The van der Waals surface area contributed by atoms with E-state index in [1.165, 1.54) is 51.0 Å². The molecule has 0 radical (unpaired) electrons. The largest absolute Gasteiger partial charge is 0.419 e. The molecule has 0 heterocycles. The van der Waals surface area contributed by atoms with E-state index in [1.807, 2.05) is 0 Å². The number of hydrogen-bond acceptors (Lipinski definition) is 0. The van der Waals surface area contributed by atoms with Crippen LogP contribution < -0.4 is 0 Å². The fraction of sp³-hybridized carbons (Fsp3) is 0.704. The molecule has 0 aromatic heterocycles. The van der Waals surface area contributed by atoms with Crippen LogP contribution in [0.25, 0.3) is 0 Å². The van der Waals surface area contributed by atoms with Crippen LogP contribution in [0.15, 0.2) is 30.9 Å². The molecule has 172 valence electrons. The van der Waals surface area contributed by atoms with Crippen LogP contribution in [0.2, 0.25) is 0 Å². The van der Waals surface area contributed by atoms with Gasteiger partial charge < -0.3 is 0 Å². The van der Waals surface area contributed by atoms with Crippen molar-refractivity contribution in [2.75, 3.05) is 0 Å². The molecule has 3 aliphatic carbocycles. The highest BCUT2D eigenvalue weighted by Crippen LogP contribution is 2.50. The number of hydrogen-bond donors (Lipinski definition) is 0. The Labute approximate surface area is 184 Å². The molecular formula is C27H36F4. The molecule has 3 saturated carbocycles. The Morgan fingerprint density at radius 3 is 2.10 bits per heavy atom. The molecule has 4 atom stereocenters. The van der Waals surface area contributed by atoms with Crippen LogP contribution in [0.3, 0.4) is 0 Å². The number of alkyl halides is 3. The van der Waals surface area contributed by atoms with Crippen LogP contribution in [-0.2, 0) is 6.18 Å². The van der Waals surface area contributed by atoms with Crippen molar-refractivity contribution in [2.45, 2.75) is 89.1 Å². The number of halogens is 4. The van der Waals surface area contributed by atoms with Crippen molar-refractivity contribution >= 4 is 0 Å². The second kappa shape index (κ2) is 9.67. The summed E-state index contributed by atoms with van der Waals surface area (Å²) in [5.74, 6) is 3.35. The van der Waals surface area contributed by atoms with Crippen molar-refractivity contribution in [3.8, 4) is 0 Å². The van der Waals surface area contributed by atoms with Gasteiger partial charge in [0.15, 0.2) is 0 Å². The summed E-state index contributed by atoms with van der Waals surface area (Å²) >= 11 is 0. The minimum Gasteiger partial charge on any atom is -0.206 e. The highest BCUT2D eigenvalue weighted by Gasteiger charge is 2.39. The fourth-order valence-corrected chi connectivity index (χ4v) is 7.01. The van der Waals surface area contributed by atoms with Crippen molar-refractivity contribution in [3.05, 3.63) is 47.8 Å². The topological polar surface area (TPSA) is 0 Å². The van der Waals surface area contributed by atoms with Crippen LogP contribution in [0.5, 0.6) is 0 Å². The van der Waals surface area contributed by atoms with E-state index in [2.05, 4.69) is 12.7 Å². The average Bonchev–Trinajstić information content (AvgIpc) is 2.76. The third-order valence-electron chi connectivity index (χ3n) is 8.75. The van der Waals surface area contributed by atoms with E-state index in [4.69, 9.17) is 0 Å². The summed E-state index contributed by atoms with van der Waals surface area (Å²) in [6.07, 6.45) is 12.4. The maximum Gasteiger partial charge on any atom is 0.419 e. The third kappa shape index (κ3) is 5.37. The zero-order valence-electron chi connectivity index (χ0n) is 18.5. The van der Waals surface area contributed by atoms with Gasteiger partial charge >= 0.3 is 6.18 Å². The lowest BCUT2D eigenvalue weighted by atomic mass is 9.60. The predicted molar refractivity (Wildman–Crippen MR) is 117 cm³/mol. The van der Waals surface area contributed by atoms with Crippen LogP contribution in [0.1, 0.15) is 94.1 Å². The molecule has 3 aliphatic rings.